The van der Waals surface area contributed by atoms with Crippen molar-refractivity contribution in [2.45, 2.75) is 116 Å². The van der Waals surface area contributed by atoms with Crippen molar-refractivity contribution in [3.8, 4) is 0 Å². The molecule has 3 rings (SSSR count). The van der Waals surface area contributed by atoms with E-state index in [1.165, 1.54) is 0 Å². The molecular weight excluding hydrogens is 626 g/mol. The van der Waals surface area contributed by atoms with E-state index in [-0.39, 0.29) is 36.5 Å². The number of Topliss-reactive ketones (excluding diaryl/α,β-unsaturated/α-hetero) is 1. The zero-order valence-corrected chi connectivity index (χ0v) is 31.8. The second kappa shape index (κ2) is 18.2. The molecule has 11 nitrogen and oxygen atoms in total. The molecular formula is C38H63N3O8. The summed E-state index contributed by atoms with van der Waals surface area (Å²) in [6.07, 6.45) is 0.755. The Morgan fingerprint density at radius 3 is 2.35 bits per heavy atom. The number of rotatable bonds is 7. The van der Waals surface area contributed by atoms with E-state index in [4.69, 9.17) is 23.7 Å². The van der Waals surface area contributed by atoms with Crippen molar-refractivity contribution < 1.29 is 38.1 Å². The van der Waals surface area contributed by atoms with E-state index < -0.39 is 47.4 Å². The summed E-state index contributed by atoms with van der Waals surface area (Å²) in [6.45, 7) is 13.0. The third-order valence-electron chi connectivity index (χ3n) is 10.4. The Morgan fingerprint density at radius 2 is 1.73 bits per heavy atom. The predicted octanol–water partition coefficient (Wildman–Crippen LogP) is 4.57. The van der Waals surface area contributed by atoms with E-state index in [1.54, 1.807) is 52.1 Å². The maximum absolute atomic E-state index is 14.4. The Hall–Kier alpha value is -2.41. The Bertz CT molecular complexity index is 1210. The van der Waals surface area contributed by atoms with Crippen molar-refractivity contribution in [3.05, 3.63) is 35.9 Å². The number of methoxy groups -OCH3 is 1. The minimum Gasteiger partial charge on any atom is -0.465 e. The van der Waals surface area contributed by atoms with Crippen LogP contribution in [-0.4, -0.2) is 125 Å². The highest BCUT2D eigenvalue weighted by molar-refractivity contribution is 6.04. The Kier molecular flexibility index (Phi) is 15.2. The molecule has 2 saturated heterocycles. The van der Waals surface area contributed by atoms with Crippen molar-refractivity contribution in [2.24, 2.45) is 17.3 Å². The standard InChI is InChI=1S/C38H63N3O8/c1-25-23-38(6,45-11)33(27(3)32(42)37(4,5)36(44)46-21-15-18-29(39-7)19-20-41(10)24-25)49-35-31(30(40(8)9)22-26(2)47-35)48-34(43)28-16-13-12-14-17-28/h12-14,16-17,25-27,29-31,33,35,39H,15,18-24H2,1-11H3/t25-,26-,27+,29?,30+,31-,33-,35+,38-/m1/s1. The Morgan fingerprint density at radius 1 is 1.06 bits per heavy atom. The first kappa shape index (κ1) is 41.0. The van der Waals surface area contributed by atoms with Crippen LogP contribution in [0, 0.1) is 17.3 Å². The van der Waals surface area contributed by atoms with Crippen molar-refractivity contribution >= 4 is 17.7 Å². The first-order chi connectivity index (χ1) is 23.0. The van der Waals surface area contributed by atoms with Crippen LogP contribution < -0.4 is 5.32 Å². The van der Waals surface area contributed by atoms with Gasteiger partial charge in [0.15, 0.2) is 18.2 Å². The third kappa shape index (κ3) is 10.8. The molecule has 2 aliphatic rings. The maximum Gasteiger partial charge on any atom is 0.338 e. The van der Waals surface area contributed by atoms with Crippen LogP contribution in [0.3, 0.4) is 0 Å². The molecule has 1 N–H and O–H groups in total. The molecule has 0 bridgehead atoms. The molecule has 1 unspecified atom stereocenters. The van der Waals surface area contributed by atoms with Gasteiger partial charge in [-0.25, -0.2) is 4.79 Å². The number of hydrogen-bond donors (Lipinski definition) is 1. The zero-order chi connectivity index (χ0) is 36.5. The zero-order valence-electron chi connectivity index (χ0n) is 31.8. The monoisotopic (exact) mass is 689 g/mol. The molecule has 0 saturated carbocycles. The number of likely N-dealkylation sites (N-methyl/N-ethyl adjacent to an activating group) is 1. The number of benzene rings is 1. The SMILES string of the molecule is CNC1CCCOC(=O)C(C)(C)C(=O)[C@H](C)[C@@H](O[C@@H]2O[C@H](C)C[C@H](N(C)C)[C@H]2OC(=O)c2ccccc2)[C@](C)(OC)C[C@@H](C)CN(C)CC1. The summed E-state index contributed by atoms with van der Waals surface area (Å²) in [4.78, 5) is 45.6. The number of ketones is 1. The predicted molar refractivity (Wildman–Crippen MR) is 189 cm³/mol. The molecule has 1 aromatic carbocycles. The molecule has 2 fully saturated rings. The first-order valence-electron chi connectivity index (χ1n) is 17.9. The van der Waals surface area contributed by atoms with E-state index in [0.29, 0.717) is 24.8 Å². The lowest BCUT2D eigenvalue weighted by Crippen LogP contribution is -2.60. The van der Waals surface area contributed by atoms with E-state index >= 15 is 0 Å². The van der Waals surface area contributed by atoms with Crippen LogP contribution in [0.25, 0.3) is 0 Å². The lowest BCUT2D eigenvalue weighted by Gasteiger charge is -2.48. The molecule has 0 radical (unpaired) electrons. The van der Waals surface area contributed by atoms with Crippen molar-refractivity contribution in [2.75, 3.05) is 55.0 Å². The summed E-state index contributed by atoms with van der Waals surface area (Å²) in [5.74, 6) is -2.02. The Labute approximate surface area is 294 Å². The summed E-state index contributed by atoms with van der Waals surface area (Å²) < 4.78 is 31.6. The van der Waals surface area contributed by atoms with Gasteiger partial charge >= 0.3 is 11.9 Å². The molecule has 2 aliphatic heterocycles. The van der Waals surface area contributed by atoms with Gasteiger partial charge in [0.2, 0.25) is 0 Å². The molecule has 2 heterocycles. The fourth-order valence-corrected chi connectivity index (χ4v) is 7.45. The average Bonchev–Trinajstić information content (AvgIpc) is 3.06. The molecule has 49 heavy (non-hydrogen) atoms. The lowest BCUT2D eigenvalue weighted by molar-refractivity contribution is -0.295. The quantitative estimate of drug-likeness (QED) is 0.321. The number of carbonyl (C=O) groups excluding carboxylic acids is 3. The largest absolute Gasteiger partial charge is 0.465 e. The average molecular weight is 690 g/mol. The molecule has 0 aromatic heterocycles. The van der Waals surface area contributed by atoms with Crippen LogP contribution in [0.4, 0.5) is 0 Å². The molecule has 0 aliphatic carbocycles. The van der Waals surface area contributed by atoms with Gasteiger partial charge in [0.1, 0.15) is 5.41 Å². The van der Waals surface area contributed by atoms with E-state index in [1.807, 2.05) is 46.0 Å². The van der Waals surface area contributed by atoms with E-state index in [2.05, 4.69) is 24.2 Å². The summed E-state index contributed by atoms with van der Waals surface area (Å²) in [5.41, 5.74) is -2.01. The second-order valence-corrected chi connectivity index (χ2v) is 15.3. The van der Waals surface area contributed by atoms with E-state index in [9.17, 15) is 14.4 Å². The molecule has 9 atom stereocenters. The van der Waals surface area contributed by atoms with Gasteiger partial charge in [0, 0.05) is 25.6 Å². The first-order valence-corrected chi connectivity index (χ1v) is 17.9. The van der Waals surface area contributed by atoms with Gasteiger partial charge in [-0.3, -0.25) is 9.59 Å². The van der Waals surface area contributed by atoms with Crippen LogP contribution in [0.5, 0.6) is 0 Å². The van der Waals surface area contributed by atoms with E-state index in [0.717, 1.165) is 25.9 Å². The van der Waals surface area contributed by atoms with Crippen molar-refractivity contribution in [3.63, 3.8) is 0 Å². The highest BCUT2D eigenvalue weighted by Gasteiger charge is 2.52. The third-order valence-corrected chi connectivity index (χ3v) is 10.4. The highest BCUT2D eigenvalue weighted by atomic mass is 16.7. The van der Waals surface area contributed by atoms with Gasteiger partial charge < -0.3 is 38.8 Å². The summed E-state index contributed by atoms with van der Waals surface area (Å²) in [6, 6.07) is 8.90. The number of esters is 2. The van der Waals surface area contributed by atoms with Gasteiger partial charge in [-0.2, -0.15) is 0 Å². The van der Waals surface area contributed by atoms with Crippen LogP contribution in [0.1, 0.15) is 84.0 Å². The number of carbonyl (C=O) groups is 3. The van der Waals surface area contributed by atoms with Crippen LogP contribution in [-0.2, 0) is 33.3 Å². The van der Waals surface area contributed by atoms with Crippen molar-refractivity contribution in [1.29, 1.82) is 0 Å². The number of nitrogens with one attached hydrogen (secondary N) is 1. The minimum absolute atomic E-state index is 0.164. The molecule has 1 aromatic rings. The summed E-state index contributed by atoms with van der Waals surface area (Å²) >= 11 is 0. The number of hydrogen-bond acceptors (Lipinski definition) is 11. The highest BCUT2D eigenvalue weighted by Crippen LogP contribution is 2.38. The normalized spacial score (nSPS) is 34.6. The van der Waals surface area contributed by atoms with Gasteiger partial charge in [-0.1, -0.05) is 32.0 Å². The topological polar surface area (TPSA) is 116 Å². The van der Waals surface area contributed by atoms with Crippen molar-refractivity contribution in [1.82, 2.24) is 15.1 Å². The molecule has 0 spiro atoms. The van der Waals surface area contributed by atoms with Gasteiger partial charge in [-0.15, -0.1) is 0 Å². The minimum atomic E-state index is -1.44. The van der Waals surface area contributed by atoms with Gasteiger partial charge in [-0.05, 0) is 113 Å². The van der Waals surface area contributed by atoms with Gasteiger partial charge in [0.05, 0.1) is 36.0 Å². The fraction of sp³-hybridized carbons (Fsp3) is 0.763. The number of ether oxygens (including phenoxy) is 5. The molecule has 278 valence electrons. The Balaban J connectivity index is 2.05. The van der Waals surface area contributed by atoms with Crippen LogP contribution >= 0.6 is 0 Å². The van der Waals surface area contributed by atoms with Crippen LogP contribution in [0.15, 0.2) is 30.3 Å². The summed E-state index contributed by atoms with van der Waals surface area (Å²) in [5, 5.41) is 3.39. The maximum atomic E-state index is 14.4. The summed E-state index contributed by atoms with van der Waals surface area (Å²) in [7, 11) is 9.59. The number of nitrogens with zero attached hydrogens (tertiary/aromatic N) is 2. The van der Waals surface area contributed by atoms with Crippen LogP contribution in [0.2, 0.25) is 0 Å². The second-order valence-electron chi connectivity index (χ2n) is 15.3. The smallest absolute Gasteiger partial charge is 0.338 e. The molecule has 11 heteroatoms. The fourth-order valence-electron chi connectivity index (χ4n) is 7.45. The molecule has 0 amide bonds. The number of cyclic esters (lactones) is 1. The van der Waals surface area contributed by atoms with Gasteiger partial charge in [0.25, 0.3) is 0 Å². The lowest BCUT2D eigenvalue weighted by atomic mass is 9.74.